The molecule has 0 aliphatic heterocycles. The summed E-state index contributed by atoms with van der Waals surface area (Å²) < 4.78 is 27.2. The molecule has 114 valence electrons. The smallest absolute Gasteiger partial charge is 0.241 e. The molecule has 1 aromatic heterocycles. The molecule has 0 spiro atoms. The molecule has 0 unspecified atom stereocenters. The summed E-state index contributed by atoms with van der Waals surface area (Å²) in [4.78, 5) is 1.47. The van der Waals surface area contributed by atoms with E-state index in [1.807, 2.05) is 6.92 Å². The van der Waals surface area contributed by atoms with Crippen LogP contribution in [0.1, 0.15) is 43.9 Å². The molecule has 0 amide bonds. The zero-order valence-corrected chi connectivity index (χ0v) is 13.7. The lowest BCUT2D eigenvalue weighted by Gasteiger charge is -2.21. The Morgan fingerprint density at radius 2 is 2.05 bits per heavy atom. The van der Waals surface area contributed by atoms with Crippen LogP contribution in [0.3, 0.4) is 0 Å². The molecule has 4 nitrogen and oxygen atoms in total. The number of nitrogens with one attached hydrogen (secondary N) is 2. The maximum atomic E-state index is 12.2. The Balaban J connectivity index is 1.90. The van der Waals surface area contributed by atoms with E-state index in [4.69, 9.17) is 0 Å². The second kappa shape index (κ2) is 7.54. The summed E-state index contributed by atoms with van der Waals surface area (Å²) >= 11 is 1.50. The highest BCUT2D eigenvalue weighted by molar-refractivity contribution is 7.89. The van der Waals surface area contributed by atoms with Gasteiger partial charge in [-0.15, -0.1) is 11.3 Å². The van der Waals surface area contributed by atoms with E-state index in [-0.39, 0.29) is 0 Å². The van der Waals surface area contributed by atoms with E-state index in [9.17, 15) is 8.42 Å². The van der Waals surface area contributed by atoms with Crippen LogP contribution in [0.5, 0.6) is 0 Å². The lowest BCUT2D eigenvalue weighted by atomic mass is 9.90. The van der Waals surface area contributed by atoms with Crippen LogP contribution >= 0.6 is 11.3 Å². The van der Waals surface area contributed by atoms with E-state index in [2.05, 4.69) is 10.0 Å². The third-order valence-electron chi connectivity index (χ3n) is 3.78. The molecule has 1 aliphatic carbocycles. The molecular weight excluding hydrogens is 292 g/mol. The Labute approximate surface area is 126 Å². The van der Waals surface area contributed by atoms with E-state index in [1.54, 1.807) is 11.4 Å². The first kappa shape index (κ1) is 15.9. The van der Waals surface area contributed by atoms with Crippen LogP contribution < -0.4 is 10.0 Å². The number of thiophene rings is 1. The van der Waals surface area contributed by atoms with Crippen molar-refractivity contribution in [2.24, 2.45) is 5.92 Å². The van der Waals surface area contributed by atoms with Gasteiger partial charge in [-0.3, -0.25) is 0 Å². The SMILES string of the molecule is CCNCc1cc(S(=O)(=O)NCC2CCCCC2)cs1. The van der Waals surface area contributed by atoms with E-state index in [0.29, 0.717) is 17.4 Å². The highest BCUT2D eigenvalue weighted by Gasteiger charge is 2.19. The topological polar surface area (TPSA) is 58.2 Å². The molecule has 20 heavy (non-hydrogen) atoms. The fourth-order valence-corrected chi connectivity index (χ4v) is 4.91. The Kier molecular flexibility index (Phi) is 6.01. The van der Waals surface area contributed by atoms with Gasteiger partial charge in [-0.05, 0) is 31.4 Å². The number of sulfonamides is 1. The molecule has 1 heterocycles. The predicted octanol–water partition coefficient (Wildman–Crippen LogP) is 2.72. The monoisotopic (exact) mass is 316 g/mol. The first-order chi connectivity index (χ1) is 9.62. The van der Waals surface area contributed by atoms with Gasteiger partial charge in [0, 0.05) is 23.3 Å². The van der Waals surface area contributed by atoms with Crippen molar-refractivity contribution in [3.05, 3.63) is 16.3 Å². The number of hydrogen-bond donors (Lipinski definition) is 2. The first-order valence-electron chi connectivity index (χ1n) is 7.39. The van der Waals surface area contributed by atoms with E-state index < -0.39 is 10.0 Å². The average Bonchev–Trinajstić information content (AvgIpc) is 2.94. The van der Waals surface area contributed by atoms with Crippen molar-refractivity contribution < 1.29 is 8.42 Å². The summed E-state index contributed by atoms with van der Waals surface area (Å²) in [5, 5.41) is 4.94. The van der Waals surface area contributed by atoms with Crippen molar-refractivity contribution in [1.29, 1.82) is 0 Å². The minimum atomic E-state index is -3.33. The van der Waals surface area contributed by atoms with Gasteiger partial charge >= 0.3 is 0 Å². The van der Waals surface area contributed by atoms with Crippen molar-refractivity contribution in [3.63, 3.8) is 0 Å². The second-order valence-electron chi connectivity index (χ2n) is 5.38. The minimum Gasteiger partial charge on any atom is -0.312 e. The average molecular weight is 316 g/mol. The molecule has 0 aromatic carbocycles. The summed E-state index contributed by atoms with van der Waals surface area (Å²) in [6.07, 6.45) is 6.06. The highest BCUT2D eigenvalue weighted by atomic mass is 32.2. The van der Waals surface area contributed by atoms with Gasteiger partial charge in [-0.1, -0.05) is 26.2 Å². The van der Waals surface area contributed by atoms with Crippen LogP contribution in [-0.4, -0.2) is 21.5 Å². The molecule has 1 fully saturated rings. The maximum Gasteiger partial charge on any atom is 0.241 e. The van der Waals surface area contributed by atoms with Gasteiger partial charge in [0.1, 0.15) is 0 Å². The van der Waals surface area contributed by atoms with Crippen LogP contribution in [0, 0.1) is 5.92 Å². The molecule has 0 bridgehead atoms. The molecule has 1 aromatic rings. The van der Waals surface area contributed by atoms with Gasteiger partial charge in [0.25, 0.3) is 0 Å². The Bertz CT molecular complexity index is 505. The Morgan fingerprint density at radius 1 is 1.30 bits per heavy atom. The first-order valence-corrected chi connectivity index (χ1v) is 9.76. The standard InChI is InChI=1S/C14H24N2O2S2/c1-2-15-10-13-8-14(11-19-13)20(17,18)16-9-12-6-4-3-5-7-12/h8,11-12,15-16H,2-7,9-10H2,1H3. The van der Waals surface area contributed by atoms with Crippen LogP contribution in [0.15, 0.2) is 16.3 Å². The van der Waals surface area contributed by atoms with Gasteiger partial charge in [0.2, 0.25) is 10.0 Å². The maximum absolute atomic E-state index is 12.2. The zero-order valence-electron chi connectivity index (χ0n) is 12.0. The van der Waals surface area contributed by atoms with Crippen molar-refractivity contribution in [3.8, 4) is 0 Å². The summed E-state index contributed by atoms with van der Waals surface area (Å²) in [7, 11) is -3.33. The van der Waals surface area contributed by atoms with Crippen molar-refractivity contribution >= 4 is 21.4 Å². The minimum absolute atomic E-state index is 0.409. The van der Waals surface area contributed by atoms with Gasteiger partial charge in [0.05, 0.1) is 4.90 Å². The van der Waals surface area contributed by atoms with Crippen LogP contribution in [0.2, 0.25) is 0 Å². The van der Waals surface area contributed by atoms with Gasteiger partial charge < -0.3 is 5.32 Å². The molecule has 2 N–H and O–H groups in total. The predicted molar refractivity (Wildman–Crippen MR) is 83.5 cm³/mol. The lowest BCUT2D eigenvalue weighted by molar-refractivity contribution is 0.357. The summed E-state index contributed by atoms with van der Waals surface area (Å²) in [5.74, 6) is 0.512. The molecule has 1 saturated carbocycles. The van der Waals surface area contributed by atoms with E-state index in [0.717, 1.165) is 30.8 Å². The van der Waals surface area contributed by atoms with E-state index in [1.165, 1.54) is 30.6 Å². The molecule has 0 radical (unpaired) electrons. The van der Waals surface area contributed by atoms with Crippen molar-refractivity contribution in [1.82, 2.24) is 10.0 Å². The summed E-state index contributed by atoms with van der Waals surface area (Å²) in [6.45, 7) is 4.25. The molecule has 0 saturated heterocycles. The van der Waals surface area contributed by atoms with Crippen molar-refractivity contribution in [2.75, 3.05) is 13.1 Å². The van der Waals surface area contributed by atoms with Crippen LogP contribution in [-0.2, 0) is 16.6 Å². The van der Waals surface area contributed by atoms with Gasteiger partial charge in [-0.25, -0.2) is 13.1 Å². The van der Waals surface area contributed by atoms with Gasteiger partial charge in [-0.2, -0.15) is 0 Å². The second-order valence-corrected chi connectivity index (χ2v) is 8.15. The quantitative estimate of drug-likeness (QED) is 0.813. The normalized spacial score (nSPS) is 17.4. The lowest BCUT2D eigenvalue weighted by Crippen LogP contribution is -2.30. The van der Waals surface area contributed by atoms with Crippen molar-refractivity contribution in [2.45, 2.75) is 50.5 Å². The van der Waals surface area contributed by atoms with E-state index >= 15 is 0 Å². The molecular formula is C14H24N2O2S2. The largest absolute Gasteiger partial charge is 0.312 e. The molecule has 2 rings (SSSR count). The number of hydrogen-bond acceptors (Lipinski definition) is 4. The number of rotatable bonds is 7. The zero-order chi connectivity index (χ0) is 14.4. The summed E-state index contributed by atoms with van der Waals surface area (Å²) in [5.41, 5.74) is 0. The summed E-state index contributed by atoms with van der Waals surface area (Å²) in [6, 6.07) is 1.77. The highest BCUT2D eigenvalue weighted by Crippen LogP contribution is 2.24. The van der Waals surface area contributed by atoms with Crippen LogP contribution in [0.4, 0.5) is 0 Å². The Morgan fingerprint density at radius 3 is 2.75 bits per heavy atom. The third-order valence-corrected chi connectivity index (χ3v) is 6.26. The Hall–Kier alpha value is -0.430. The fraction of sp³-hybridized carbons (Fsp3) is 0.714. The van der Waals surface area contributed by atoms with Crippen LogP contribution in [0.25, 0.3) is 0 Å². The fourth-order valence-electron chi connectivity index (χ4n) is 2.54. The van der Waals surface area contributed by atoms with Gasteiger partial charge in [0.15, 0.2) is 0 Å². The molecule has 1 aliphatic rings. The molecule has 0 atom stereocenters. The molecule has 6 heteroatoms. The third kappa shape index (κ3) is 4.55.